The lowest BCUT2D eigenvalue weighted by molar-refractivity contribution is 0.350. The fraction of sp³-hybridized carbons (Fsp3) is 0.222. The highest BCUT2D eigenvalue weighted by atomic mass is 79.9. The Morgan fingerprint density at radius 3 is 3.17 bits per heavy atom. The highest BCUT2D eigenvalue weighted by Gasteiger charge is 2.16. The van der Waals surface area contributed by atoms with E-state index in [1.807, 2.05) is 12.1 Å². The Kier molecular flexibility index (Phi) is 1.98. The van der Waals surface area contributed by atoms with E-state index in [-0.39, 0.29) is 6.61 Å². The summed E-state index contributed by atoms with van der Waals surface area (Å²) in [5.41, 5.74) is 3.10. The van der Waals surface area contributed by atoms with Crippen LogP contribution in [0.15, 0.2) is 22.8 Å². The first kappa shape index (κ1) is 7.95. The maximum absolute atomic E-state index is 9.02. The van der Waals surface area contributed by atoms with Crippen molar-refractivity contribution in [2.75, 3.05) is 6.61 Å². The summed E-state index contributed by atoms with van der Waals surface area (Å²) in [6.07, 6.45) is 4.63. The van der Waals surface area contributed by atoms with Gasteiger partial charge in [-0.05, 0) is 11.6 Å². The predicted molar refractivity (Wildman–Crippen MR) is 50.7 cm³/mol. The second kappa shape index (κ2) is 2.99. The number of hydrogen-bond acceptors (Lipinski definition) is 2. The van der Waals surface area contributed by atoms with Gasteiger partial charge in [-0.1, -0.05) is 22.0 Å². The Labute approximate surface area is 79.1 Å². The van der Waals surface area contributed by atoms with Crippen LogP contribution in [-0.2, 0) is 6.42 Å². The van der Waals surface area contributed by atoms with Crippen molar-refractivity contribution in [1.82, 2.24) is 4.98 Å². The number of allylic oxidation sites excluding steroid dienone is 1. The van der Waals surface area contributed by atoms with Gasteiger partial charge in [-0.15, -0.1) is 0 Å². The van der Waals surface area contributed by atoms with Gasteiger partial charge in [0.1, 0.15) is 0 Å². The first-order valence-corrected chi connectivity index (χ1v) is 4.56. The molecule has 62 valence electrons. The number of fused-ring (bicyclic) bond motifs is 1. The molecule has 0 saturated carbocycles. The van der Waals surface area contributed by atoms with Crippen molar-refractivity contribution < 1.29 is 5.11 Å². The summed E-state index contributed by atoms with van der Waals surface area (Å²) in [5, 5.41) is 9.02. The first-order chi connectivity index (χ1) is 5.83. The molecule has 0 bridgehead atoms. The number of aromatic nitrogens is 1. The van der Waals surface area contributed by atoms with Crippen molar-refractivity contribution in [3.8, 4) is 0 Å². The van der Waals surface area contributed by atoms with Crippen LogP contribution < -0.4 is 0 Å². The summed E-state index contributed by atoms with van der Waals surface area (Å²) in [6.45, 7) is 0.0945. The molecule has 0 spiro atoms. The lowest BCUT2D eigenvalue weighted by Gasteiger charge is -2.03. The van der Waals surface area contributed by atoms with Gasteiger partial charge in [0.2, 0.25) is 0 Å². The molecule has 0 radical (unpaired) electrons. The molecule has 0 unspecified atom stereocenters. The van der Waals surface area contributed by atoms with E-state index >= 15 is 0 Å². The van der Waals surface area contributed by atoms with Gasteiger partial charge in [0.05, 0.1) is 12.3 Å². The van der Waals surface area contributed by atoms with E-state index in [4.69, 9.17) is 5.11 Å². The molecule has 1 aliphatic carbocycles. The van der Waals surface area contributed by atoms with Gasteiger partial charge in [-0.2, -0.15) is 0 Å². The van der Waals surface area contributed by atoms with E-state index in [9.17, 15) is 0 Å². The quantitative estimate of drug-likeness (QED) is 0.791. The van der Waals surface area contributed by atoms with Gasteiger partial charge in [-0.25, -0.2) is 0 Å². The molecule has 2 rings (SSSR count). The van der Waals surface area contributed by atoms with Crippen molar-refractivity contribution in [3.63, 3.8) is 0 Å². The van der Waals surface area contributed by atoms with E-state index < -0.39 is 0 Å². The van der Waals surface area contributed by atoms with E-state index in [1.165, 1.54) is 0 Å². The zero-order valence-corrected chi connectivity index (χ0v) is 8.00. The highest BCUT2D eigenvalue weighted by Crippen LogP contribution is 2.31. The molecule has 0 saturated heterocycles. The number of aliphatic hydroxyl groups is 1. The minimum atomic E-state index is 0.0945. The van der Waals surface area contributed by atoms with E-state index in [1.54, 1.807) is 6.20 Å². The second-order valence-corrected chi connectivity index (χ2v) is 3.56. The first-order valence-electron chi connectivity index (χ1n) is 3.76. The molecule has 1 N–H and O–H groups in total. The Balaban J connectivity index is 2.57. The summed E-state index contributed by atoms with van der Waals surface area (Å²) in [4.78, 5) is 4.23. The smallest absolute Gasteiger partial charge is 0.0685 e. The van der Waals surface area contributed by atoms with Gasteiger partial charge in [0.15, 0.2) is 0 Å². The lowest BCUT2D eigenvalue weighted by atomic mass is 10.1. The standard InChI is InChI=1S/C9H8BrNO/c10-7-3-4-11-8-2-1-6(5-12)9(7)8/h1,3-4,12H,2,5H2. The van der Waals surface area contributed by atoms with Crippen LogP contribution in [0.3, 0.4) is 0 Å². The number of pyridine rings is 1. The summed E-state index contributed by atoms with van der Waals surface area (Å²) >= 11 is 3.44. The molecular formula is C9H8BrNO. The average molecular weight is 226 g/mol. The molecule has 12 heavy (non-hydrogen) atoms. The summed E-state index contributed by atoms with van der Waals surface area (Å²) in [7, 11) is 0. The number of rotatable bonds is 1. The fourth-order valence-corrected chi connectivity index (χ4v) is 2.04. The summed E-state index contributed by atoms with van der Waals surface area (Å²) in [5.74, 6) is 0. The Hall–Kier alpha value is -0.670. The maximum Gasteiger partial charge on any atom is 0.0685 e. The molecule has 1 aromatic rings. The van der Waals surface area contributed by atoms with Crippen molar-refractivity contribution in [3.05, 3.63) is 34.1 Å². The van der Waals surface area contributed by atoms with Gasteiger partial charge in [0, 0.05) is 22.7 Å². The number of nitrogens with zero attached hydrogens (tertiary/aromatic N) is 1. The van der Waals surface area contributed by atoms with Gasteiger partial charge in [-0.3, -0.25) is 4.98 Å². The Bertz CT molecular complexity index is 346. The summed E-state index contributed by atoms with van der Waals surface area (Å²) in [6, 6.07) is 1.90. The van der Waals surface area contributed by atoms with Crippen LogP contribution in [0.5, 0.6) is 0 Å². The van der Waals surface area contributed by atoms with Crippen molar-refractivity contribution >= 4 is 21.5 Å². The third kappa shape index (κ3) is 1.09. The largest absolute Gasteiger partial charge is 0.392 e. The molecule has 1 aromatic heterocycles. The third-order valence-corrected chi connectivity index (χ3v) is 2.67. The Morgan fingerprint density at radius 1 is 1.58 bits per heavy atom. The van der Waals surface area contributed by atoms with E-state index in [0.717, 1.165) is 27.7 Å². The molecule has 0 atom stereocenters. The van der Waals surface area contributed by atoms with E-state index in [2.05, 4.69) is 20.9 Å². The van der Waals surface area contributed by atoms with Crippen molar-refractivity contribution in [2.24, 2.45) is 0 Å². The van der Waals surface area contributed by atoms with Crippen LogP contribution in [0, 0.1) is 0 Å². The van der Waals surface area contributed by atoms with Crippen LogP contribution in [0.4, 0.5) is 0 Å². The zero-order chi connectivity index (χ0) is 8.55. The van der Waals surface area contributed by atoms with Gasteiger partial charge < -0.3 is 5.11 Å². The Morgan fingerprint density at radius 2 is 2.42 bits per heavy atom. The lowest BCUT2D eigenvalue weighted by Crippen LogP contribution is -1.92. The van der Waals surface area contributed by atoms with Gasteiger partial charge >= 0.3 is 0 Å². The average Bonchev–Trinajstić information content (AvgIpc) is 2.49. The normalized spacial score (nSPS) is 14.3. The van der Waals surface area contributed by atoms with Crippen molar-refractivity contribution in [1.29, 1.82) is 0 Å². The second-order valence-electron chi connectivity index (χ2n) is 2.71. The molecule has 0 aromatic carbocycles. The van der Waals surface area contributed by atoms with Crippen LogP contribution in [0.2, 0.25) is 0 Å². The van der Waals surface area contributed by atoms with Crippen molar-refractivity contribution in [2.45, 2.75) is 6.42 Å². The predicted octanol–water partition coefficient (Wildman–Crippen LogP) is 1.78. The van der Waals surface area contributed by atoms with E-state index in [0.29, 0.717) is 0 Å². The van der Waals surface area contributed by atoms with Crippen LogP contribution in [-0.4, -0.2) is 16.7 Å². The van der Waals surface area contributed by atoms with Gasteiger partial charge in [0.25, 0.3) is 0 Å². The number of halogens is 1. The molecule has 0 amide bonds. The molecule has 1 heterocycles. The highest BCUT2D eigenvalue weighted by molar-refractivity contribution is 9.10. The third-order valence-electron chi connectivity index (χ3n) is 2.01. The zero-order valence-electron chi connectivity index (χ0n) is 6.42. The molecule has 1 aliphatic rings. The fourth-order valence-electron chi connectivity index (χ4n) is 1.44. The topological polar surface area (TPSA) is 33.1 Å². The van der Waals surface area contributed by atoms with Crippen LogP contribution in [0.25, 0.3) is 5.57 Å². The minimum absolute atomic E-state index is 0.0945. The molecule has 0 fully saturated rings. The van der Waals surface area contributed by atoms with Crippen LogP contribution >= 0.6 is 15.9 Å². The number of aliphatic hydroxyl groups excluding tert-OH is 1. The monoisotopic (exact) mass is 225 g/mol. The minimum Gasteiger partial charge on any atom is -0.392 e. The maximum atomic E-state index is 9.02. The molecular weight excluding hydrogens is 218 g/mol. The van der Waals surface area contributed by atoms with Crippen LogP contribution in [0.1, 0.15) is 11.3 Å². The molecule has 2 nitrogen and oxygen atoms in total. The molecule has 3 heteroatoms. The SMILES string of the molecule is OCC1=CCc2nccc(Br)c21. The summed E-state index contributed by atoms with van der Waals surface area (Å²) < 4.78 is 1.02. The number of hydrogen-bond donors (Lipinski definition) is 1. The molecule has 0 aliphatic heterocycles.